The number of carbonyl (C=O) groups is 1. The Balaban J connectivity index is 1.85. The van der Waals surface area contributed by atoms with Gasteiger partial charge in [0.2, 0.25) is 0 Å². The van der Waals surface area contributed by atoms with Crippen LogP contribution in [0.3, 0.4) is 0 Å². The number of nitrogens with zero attached hydrogens (tertiary/aromatic N) is 2. The standard InChI is InChI=1S/C21H21ClFN3O3/c1-2-3-10-26-21(29)15-7-5-4-6-14(15)19(25-26)20(28)24-12-18(27)13-8-9-16(22)17(23)11-13/h4-9,11,18,27H,2-3,10,12H2,1H3,(H,24,28). The number of nitrogens with one attached hydrogen (secondary N) is 1. The van der Waals surface area contributed by atoms with Gasteiger partial charge in [0, 0.05) is 18.5 Å². The summed E-state index contributed by atoms with van der Waals surface area (Å²) >= 11 is 5.65. The number of aryl methyl sites for hydroxylation is 1. The van der Waals surface area contributed by atoms with E-state index in [1.807, 2.05) is 6.92 Å². The van der Waals surface area contributed by atoms with Crippen LogP contribution in [0.15, 0.2) is 47.3 Å². The predicted octanol–water partition coefficient (Wildman–Crippen LogP) is 3.45. The van der Waals surface area contributed by atoms with E-state index in [-0.39, 0.29) is 28.4 Å². The highest BCUT2D eigenvalue weighted by Gasteiger charge is 2.18. The fraction of sp³-hybridized carbons (Fsp3) is 0.286. The van der Waals surface area contributed by atoms with Crippen LogP contribution in [0.4, 0.5) is 4.39 Å². The minimum absolute atomic E-state index is 0.0463. The Kier molecular flexibility index (Phi) is 6.61. The molecule has 1 atom stereocenters. The van der Waals surface area contributed by atoms with Gasteiger partial charge in [-0.1, -0.05) is 49.2 Å². The summed E-state index contributed by atoms with van der Waals surface area (Å²) in [5.74, 6) is -1.18. The van der Waals surface area contributed by atoms with Crippen LogP contribution in [0.5, 0.6) is 0 Å². The molecule has 3 rings (SSSR count). The van der Waals surface area contributed by atoms with E-state index in [2.05, 4.69) is 10.4 Å². The fourth-order valence-corrected chi connectivity index (χ4v) is 3.09. The molecular weight excluding hydrogens is 397 g/mol. The monoisotopic (exact) mass is 417 g/mol. The van der Waals surface area contributed by atoms with Crippen molar-refractivity contribution < 1.29 is 14.3 Å². The molecule has 29 heavy (non-hydrogen) atoms. The van der Waals surface area contributed by atoms with Gasteiger partial charge in [0.05, 0.1) is 16.5 Å². The fourth-order valence-electron chi connectivity index (χ4n) is 2.97. The van der Waals surface area contributed by atoms with Crippen molar-refractivity contribution in [2.45, 2.75) is 32.4 Å². The van der Waals surface area contributed by atoms with Crippen molar-refractivity contribution in [3.63, 3.8) is 0 Å². The van der Waals surface area contributed by atoms with Gasteiger partial charge in [0.25, 0.3) is 11.5 Å². The maximum Gasteiger partial charge on any atom is 0.274 e. The summed E-state index contributed by atoms with van der Waals surface area (Å²) in [5, 5.41) is 17.9. The number of rotatable bonds is 7. The third kappa shape index (κ3) is 4.63. The van der Waals surface area contributed by atoms with Crippen LogP contribution in [0.25, 0.3) is 10.8 Å². The molecule has 0 saturated heterocycles. The number of aliphatic hydroxyl groups excluding tert-OH is 1. The van der Waals surface area contributed by atoms with Gasteiger partial charge in [-0.3, -0.25) is 9.59 Å². The highest BCUT2D eigenvalue weighted by Crippen LogP contribution is 2.20. The molecule has 0 fully saturated rings. The average Bonchev–Trinajstić information content (AvgIpc) is 2.73. The summed E-state index contributed by atoms with van der Waals surface area (Å²) < 4.78 is 14.9. The lowest BCUT2D eigenvalue weighted by molar-refractivity contribution is 0.0910. The highest BCUT2D eigenvalue weighted by atomic mass is 35.5. The lowest BCUT2D eigenvalue weighted by Gasteiger charge is -2.14. The van der Waals surface area contributed by atoms with Crippen LogP contribution in [-0.4, -0.2) is 27.3 Å². The third-order valence-corrected chi connectivity index (χ3v) is 4.90. The van der Waals surface area contributed by atoms with Crippen LogP contribution in [0.2, 0.25) is 5.02 Å². The molecule has 0 saturated carbocycles. The Hall–Kier alpha value is -2.77. The summed E-state index contributed by atoms with van der Waals surface area (Å²) in [6.07, 6.45) is 0.516. The van der Waals surface area contributed by atoms with Gasteiger partial charge in [-0.2, -0.15) is 5.10 Å². The largest absolute Gasteiger partial charge is 0.387 e. The highest BCUT2D eigenvalue weighted by molar-refractivity contribution is 6.30. The number of amides is 1. The van der Waals surface area contributed by atoms with Gasteiger partial charge in [-0.15, -0.1) is 0 Å². The van der Waals surface area contributed by atoms with Crippen molar-refractivity contribution in [2.24, 2.45) is 0 Å². The molecule has 6 nitrogen and oxygen atoms in total. The summed E-state index contributed by atoms with van der Waals surface area (Å²) in [5.41, 5.74) is 0.144. The Morgan fingerprint density at radius 1 is 1.28 bits per heavy atom. The molecule has 3 aromatic rings. The van der Waals surface area contributed by atoms with Gasteiger partial charge in [0.15, 0.2) is 5.69 Å². The number of aliphatic hydroxyl groups is 1. The normalized spacial score (nSPS) is 12.1. The maximum atomic E-state index is 13.6. The number of carbonyl (C=O) groups excluding carboxylic acids is 1. The van der Waals surface area contributed by atoms with E-state index in [1.165, 1.54) is 16.8 Å². The molecule has 1 heterocycles. The number of hydrogen-bond acceptors (Lipinski definition) is 4. The summed E-state index contributed by atoms with van der Waals surface area (Å²) in [6, 6.07) is 10.7. The van der Waals surface area contributed by atoms with E-state index >= 15 is 0 Å². The number of unbranched alkanes of at least 4 members (excludes halogenated alkanes) is 1. The molecule has 0 bridgehead atoms. The van der Waals surface area contributed by atoms with E-state index in [9.17, 15) is 19.1 Å². The van der Waals surface area contributed by atoms with Crippen LogP contribution in [0, 0.1) is 5.82 Å². The predicted molar refractivity (Wildman–Crippen MR) is 110 cm³/mol. The van der Waals surface area contributed by atoms with E-state index in [0.717, 1.165) is 18.9 Å². The number of fused-ring (bicyclic) bond motifs is 1. The Morgan fingerprint density at radius 3 is 2.69 bits per heavy atom. The quantitative estimate of drug-likeness (QED) is 0.616. The second-order valence-electron chi connectivity index (χ2n) is 6.68. The topological polar surface area (TPSA) is 84.2 Å². The van der Waals surface area contributed by atoms with E-state index in [1.54, 1.807) is 24.3 Å². The molecule has 1 unspecified atom stereocenters. The number of halogens is 2. The first kappa shape index (κ1) is 21.0. The van der Waals surface area contributed by atoms with E-state index in [4.69, 9.17) is 11.6 Å². The van der Waals surface area contributed by atoms with E-state index < -0.39 is 17.8 Å². The van der Waals surface area contributed by atoms with Crippen LogP contribution >= 0.6 is 11.6 Å². The van der Waals surface area contributed by atoms with Gasteiger partial charge in [-0.05, 0) is 30.2 Å². The van der Waals surface area contributed by atoms with Gasteiger partial charge < -0.3 is 10.4 Å². The molecule has 0 radical (unpaired) electrons. The molecule has 152 valence electrons. The van der Waals surface area contributed by atoms with Crippen LogP contribution in [0.1, 0.15) is 41.9 Å². The number of hydrogen-bond donors (Lipinski definition) is 2. The van der Waals surface area contributed by atoms with Gasteiger partial charge >= 0.3 is 0 Å². The average molecular weight is 418 g/mol. The van der Waals surface area contributed by atoms with Gasteiger partial charge in [-0.25, -0.2) is 9.07 Å². The molecule has 0 aliphatic rings. The number of benzene rings is 2. The Morgan fingerprint density at radius 2 is 2.00 bits per heavy atom. The smallest absolute Gasteiger partial charge is 0.274 e. The second-order valence-corrected chi connectivity index (χ2v) is 7.08. The minimum atomic E-state index is -1.12. The zero-order chi connectivity index (χ0) is 21.0. The summed E-state index contributed by atoms with van der Waals surface area (Å²) in [4.78, 5) is 25.4. The molecule has 2 N–H and O–H groups in total. The van der Waals surface area contributed by atoms with E-state index in [0.29, 0.717) is 17.3 Å². The Bertz CT molecular complexity index is 1100. The van der Waals surface area contributed by atoms with Crippen molar-refractivity contribution in [1.82, 2.24) is 15.1 Å². The summed E-state index contributed by atoms with van der Waals surface area (Å²) in [6.45, 7) is 2.26. The minimum Gasteiger partial charge on any atom is -0.387 e. The SMILES string of the molecule is CCCCn1nc(C(=O)NCC(O)c2ccc(Cl)c(F)c2)c2ccccc2c1=O. The lowest BCUT2D eigenvalue weighted by atomic mass is 10.1. The Labute approximate surface area is 171 Å². The molecule has 0 aliphatic heterocycles. The van der Waals surface area contributed by atoms with Crippen LogP contribution in [-0.2, 0) is 6.54 Å². The first-order valence-corrected chi connectivity index (χ1v) is 9.71. The first-order chi connectivity index (χ1) is 13.9. The molecular formula is C21H21ClFN3O3. The zero-order valence-electron chi connectivity index (χ0n) is 15.9. The molecule has 2 aromatic carbocycles. The van der Waals surface area contributed by atoms with Crippen molar-refractivity contribution in [2.75, 3.05) is 6.54 Å². The first-order valence-electron chi connectivity index (χ1n) is 9.33. The van der Waals surface area contributed by atoms with Crippen molar-refractivity contribution in [1.29, 1.82) is 0 Å². The van der Waals surface area contributed by atoms with Crippen molar-refractivity contribution in [3.05, 3.63) is 74.9 Å². The van der Waals surface area contributed by atoms with Gasteiger partial charge in [0.1, 0.15) is 5.82 Å². The maximum absolute atomic E-state index is 13.6. The number of aromatic nitrogens is 2. The zero-order valence-corrected chi connectivity index (χ0v) is 16.6. The summed E-state index contributed by atoms with van der Waals surface area (Å²) in [7, 11) is 0. The third-order valence-electron chi connectivity index (χ3n) is 4.59. The second kappa shape index (κ2) is 9.15. The van der Waals surface area contributed by atoms with Crippen LogP contribution < -0.4 is 10.9 Å². The molecule has 8 heteroatoms. The molecule has 1 aromatic heterocycles. The molecule has 0 aliphatic carbocycles. The van der Waals surface area contributed by atoms with Crippen molar-refractivity contribution >= 4 is 28.3 Å². The van der Waals surface area contributed by atoms with Crippen molar-refractivity contribution in [3.8, 4) is 0 Å². The lowest BCUT2D eigenvalue weighted by Crippen LogP contribution is -2.33. The molecule has 0 spiro atoms. The molecule has 1 amide bonds.